The Morgan fingerprint density at radius 1 is 1.14 bits per heavy atom. The molecule has 0 bridgehead atoms. The molecule has 0 saturated carbocycles. The van der Waals surface area contributed by atoms with Gasteiger partial charge in [0.25, 0.3) is 5.91 Å². The zero-order valence-electron chi connectivity index (χ0n) is 15.8. The zero-order valence-corrected chi connectivity index (χ0v) is 15.8. The van der Waals surface area contributed by atoms with Crippen LogP contribution in [0, 0.1) is 5.82 Å². The number of rotatable bonds is 5. The van der Waals surface area contributed by atoms with E-state index in [2.05, 4.69) is 10.6 Å². The third-order valence-corrected chi connectivity index (χ3v) is 4.63. The van der Waals surface area contributed by atoms with Crippen molar-refractivity contribution in [3.05, 3.63) is 59.9 Å². The molecule has 1 aliphatic heterocycles. The Morgan fingerprint density at radius 3 is 2.61 bits per heavy atom. The molecular formula is C21H24FN3O3. The van der Waals surface area contributed by atoms with E-state index in [-0.39, 0.29) is 18.0 Å². The van der Waals surface area contributed by atoms with Crippen molar-refractivity contribution in [2.75, 3.05) is 25.0 Å². The van der Waals surface area contributed by atoms with Crippen molar-refractivity contribution < 1.29 is 18.7 Å². The van der Waals surface area contributed by atoms with Gasteiger partial charge in [0.15, 0.2) is 0 Å². The smallest absolute Gasteiger partial charge is 0.321 e. The van der Waals surface area contributed by atoms with E-state index < -0.39 is 5.82 Å². The molecule has 0 unspecified atom stereocenters. The number of hydrogen-bond acceptors (Lipinski definition) is 3. The number of amides is 3. The first-order chi connectivity index (χ1) is 13.6. The number of nitrogens with zero attached hydrogens (tertiary/aromatic N) is 1. The van der Waals surface area contributed by atoms with E-state index in [1.54, 1.807) is 17.0 Å². The molecule has 148 valence electrons. The largest absolute Gasteiger partial charge is 0.492 e. The lowest BCUT2D eigenvalue weighted by molar-refractivity contribution is 0.0918. The highest BCUT2D eigenvalue weighted by Crippen LogP contribution is 2.24. The van der Waals surface area contributed by atoms with Gasteiger partial charge >= 0.3 is 6.03 Å². The lowest BCUT2D eigenvalue weighted by Gasteiger charge is -2.32. The Bertz CT molecular complexity index is 835. The van der Waals surface area contributed by atoms with Gasteiger partial charge in [-0.25, -0.2) is 9.18 Å². The number of benzene rings is 2. The molecule has 2 N–H and O–H groups in total. The van der Waals surface area contributed by atoms with Crippen molar-refractivity contribution in [1.82, 2.24) is 10.2 Å². The van der Waals surface area contributed by atoms with E-state index in [1.165, 1.54) is 18.2 Å². The number of urea groups is 1. The van der Waals surface area contributed by atoms with Gasteiger partial charge in [0.1, 0.15) is 11.6 Å². The summed E-state index contributed by atoms with van der Waals surface area (Å²) in [5.41, 5.74) is 0.934. The first kappa shape index (κ1) is 19.7. The van der Waals surface area contributed by atoms with Gasteiger partial charge in [0.2, 0.25) is 0 Å². The van der Waals surface area contributed by atoms with Crippen LogP contribution in [0.1, 0.15) is 30.1 Å². The quantitative estimate of drug-likeness (QED) is 0.825. The highest BCUT2D eigenvalue weighted by atomic mass is 19.1. The van der Waals surface area contributed by atoms with Gasteiger partial charge in [0.05, 0.1) is 12.3 Å². The number of para-hydroxylation sites is 2. The maximum Gasteiger partial charge on any atom is 0.321 e. The molecule has 0 atom stereocenters. The molecule has 6 nitrogen and oxygen atoms in total. The molecule has 3 rings (SSSR count). The zero-order chi connectivity index (χ0) is 19.9. The second-order valence-electron chi connectivity index (χ2n) is 6.60. The Kier molecular flexibility index (Phi) is 6.47. The van der Waals surface area contributed by atoms with E-state index >= 15 is 0 Å². The summed E-state index contributed by atoms with van der Waals surface area (Å²) < 4.78 is 18.8. The monoisotopic (exact) mass is 385 g/mol. The topological polar surface area (TPSA) is 70.7 Å². The second kappa shape index (κ2) is 9.21. The number of nitrogens with one attached hydrogen (secondary N) is 2. The van der Waals surface area contributed by atoms with Crippen LogP contribution >= 0.6 is 0 Å². The molecule has 1 heterocycles. The van der Waals surface area contributed by atoms with E-state index in [1.807, 2.05) is 25.1 Å². The highest BCUT2D eigenvalue weighted by Gasteiger charge is 2.24. The van der Waals surface area contributed by atoms with Crippen molar-refractivity contribution in [1.29, 1.82) is 0 Å². The van der Waals surface area contributed by atoms with Gasteiger partial charge in [-0.2, -0.15) is 0 Å². The lowest BCUT2D eigenvalue weighted by atomic mass is 10.0. The Morgan fingerprint density at radius 2 is 1.89 bits per heavy atom. The maximum absolute atomic E-state index is 13.3. The van der Waals surface area contributed by atoms with Crippen LogP contribution in [0.4, 0.5) is 14.9 Å². The van der Waals surface area contributed by atoms with Gasteiger partial charge in [0, 0.05) is 24.7 Å². The third-order valence-electron chi connectivity index (χ3n) is 4.63. The maximum atomic E-state index is 13.3. The molecule has 1 fully saturated rings. The van der Waals surface area contributed by atoms with E-state index in [9.17, 15) is 14.0 Å². The molecule has 2 aromatic rings. The van der Waals surface area contributed by atoms with Crippen LogP contribution in [0.3, 0.4) is 0 Å². The molecule has 0 aliphatic carbocycles. The minimum absolute atomic E-state index is 0.0458. The summed E-state index contributed by atoms with van der Waals surface area (Å²) in [7, 11) is 0. The normalized spacial score (nSPS) is 14.4. The van der Waals surface area contributed by atoms with Gasteiger partial charge in [-0.15, -0.1) is 0 Å². The fourth-order valence-electron chi connectivity index (χ4n) is 3.17. The average Bonchev–Trinajstić information content (AvgIpc) is 2.70. The van der Waals surface area contributed by atoms with E-state index in [4.69, 9.17) is 4.74 Å². The van der Waals surface area contributed by atoms with E-state index in [0.717, 1.165) is 0 Å². The molecule has 1 saturated heterocycles. The number of carbonyl (C=O) groups is 2. The predicted molar refractivity (Wildman–Crippen MR) is 105 cm³/mol. The number of piperidine rings is 1. The summed E-state index contributed by atoms with van der Waals surface area (Å²) in [5.74, 6) is -0.102. The van der Waals surface area contributed by atoms with Crippen LogP contribution in [0.25, 0.3) is 0 Å². The first-order valence-electron chi connectivity index (χ1n) is 9.41. The summed E-state index contributed by atoms with van der Waals surface area (Å²) in [6.07, 6.45) is 1.28. The number of halogens is 1. The number of hydrogen-bond donors (Lipinski definition) is 2. The number of likely N-dealkylation sites (tertiary alicyclic amines) is 1. The summed E-state index contributed by atoms with van der Waals surface area (Å²) >= 11 is 0. The van der Waals surface area contributed by atoms with Gasteiger partial charge in [-0.1, -0.05) is 18.2 Å². The number of anilines is 1. The van der Waals surface area contributed by atoms with Crippen molar-refractivity contribution >= 4 is 17.6 Å². The minimum atomic E-state index is -0.438. The Labute approximate surface area is 163 Å². The first-order valence-corrected chi connectivity index (χ1v) is 9.41. The van der Waals surface area contributed by atoms with E-state index in [0.29, 0.717) is 49.5 Å². The molecule has 7 heteroatoms. The van der Waals surface area contributed by atoms with Crippen LogP contribution in [-0.4, -0.2) is 42.6 Å². The van der Waals surface area contributed by atoms with Gasteiger partial charge in [-0.3, -0.25) is 4.79 Å². The van der Waals surface area contributed by atoms with Crippen molar-refractivity contribution in [2.24, 2.45) is 0 Å². The van der Waals surface area contributed by atoms with Crippen LogP contribution in [0.2, 0.25) is 0 Å². The highest BCUT2D eigenvalue weighted by molar-refractivity contribution is 5.94. The Balaban J connectivity index is 1.51. The van der Waals surface area contributed by atoms with Crippen molar-refractivity contribution in [2.45, 2.75) is 25.8 Å². The SMILES string of the molecule is CCOc1ccccc1NC(=O)N1CCC(NC(=O)c2cccc(F)c2)CC1. The fraction of sp³-hybridized carbons (Fsp3) is 0.333. The van der Waals surface area contributed by atoms with Crippen molar-refractivity contribution in [3.8, 4) is 5.75 Å². The van der Waals surface area contributed by atoms with Crippen LogP contribution in [-0.2, 0) is 0 Å². The van der Waals surface area contributed by atoms with Crippen LogP contribution in [0.15, 0.2) is 48.5 Å². The van der Waals surface area contributed by atoms with Crippen LogP contribution < -0.4 is 15.4 Å². The molecule has 0 spiro atoms. The molecular weight excluding hydrogens is 361 g/mol. The minimum Gasteiger partial charge on any atom is -0.492 e. The summed E-state index contributed by atoms with van der Waals surface area (Å²) in [4.78, 5) is 26.5. The van der Waals surface area contributed by atoms with Crippen molar-refractivity contribution in [3.63, 3.8) is 0 Å². The van der Waals surface area contributed by atoms with Crippen LogP contribution in [0.5, 0.6) is 5.75 Å². The lowest BCUT2D eigenvalue weighted by Crippen LogP contribution is -2.47. The molecule has 28 heavy (non-hydrogen) atoms. The summed E-state index contributed by atoms with van der Waals surface area (Å²) in [5, 5.41) is 5.80. The fourth-order valence-corrected chi connectivity index (χ4v) is 3.17. The average molecular weight is 385 g/mol. The third kappa shape index (κ3) is 5.00. The van der Waals surface area contributed by atoms with Gasteiger partial charge in [-0.05, 0) is 50.1 Å². The standard InChI is InChI=1S/C21H24FN3O3/c1-2-28-19-9-4-3-8-18(19)24-21(27)25-12-10-17(11-13-25)23-20(26)15-6-5-7-16(22)14-15/h3-9,14,17H,2,10-13H2,1H3,(H,23,26)(H,24,27). The predicted octanol–water partition coefficient (Wildman–Crippen LogP) is 3.65. The Hall–Kier alpha value is -3.09. The molecule has 1 aliphatic rings. The summed E-state index contributed by atoms with van der Waals surface area (Å²) in [6.45, 7) is 3.46. The molecule has 3 amide bonds. The molecule has 0 radical (unpaired) electrons. The van der Waals surface area contributed by atoms with Gasteiger partial charge < -0.3 is 20.3 Å². The summed E-state index contributed by atoms with van der Waals surface area (Å²) in [6, 6.07) is 12.7. The number of ether oxygens (including phenoxy) is 1. The molecule has 2 aromatic carbocycles. The number of carbonyl (C=O) groups excluding carboxylic acids is 2. The second-order valence-corrected chi connectivity index (χ2v) is 6.60. The molecule has 0 aromatic heterocycles.